The summed E-state index contributed by atoms with van der Waals surface area (Å²) in [4.78, 5) is 19.5. The molecule has 0 spiro atoms. The summed E-state index contributed by atoms with van der Waals surface area (Å²) in [6.07, 6.45) is 0. The molecule has 15 heavy (non-hydrogen) atoms. The molecular formula is C9H22O4P2. The molecule has 0 aliphatic heterocycles. The van der Waals surface area contributed by atoms with E-state index in [0.717, 1.165) is 0 Å². The fourth-order valence-electron chi connectivity index (χ4n) is 0.684. The third-order valence-corrected chi connectivity index (χ3v) is 9.74. The quantitative estimate of drug-likeness (QED) is 0.744. The first-order valence-corrected chi connectivity index (χ1v) is 8.53. The molecule has 4 nitrogen and oxygen atoms in total. The molecule has 2 unspecified atom stereocenters. The van der Waals surface area contributed by atoms with Crippen LogP contribution in [0.25, 0.3) is 0 Å². The number of hydrogen-bond donors (Lipinski definition) is 2. The first-order valence-electron chi connectivity index (χ1n) is 4.84. The van der Waals surface area contributed by atoms with Crippen LogP contribution in [-0.2, 0) is 9.13 Å². The van der Waals surface area contributed by atoms with Crippen LogP contribution in [-0.4, -0.2) is 26.0 Å². The highest BCUT2D eigenvalue weighted by Gasteiger charge is 2.45. The van der Waals surface area contributed by atoms with E-state index in [1.54, 1.807) is 41.5 Å². The SMILES string of the molecule is CC(C)(C)P(=O)(O)CP(=O)(O)C(C)(C)C. The second kappa shape index (κ2) is 4.00. The second-order valence-corrected chi connectivity index (χ2v) is 12.5. The lowest BCUT2D eigenvalue weighted by molar-refractivity contribution is 0.430. The van der Waals surface area contributed by atoms with Crippen LogP contribution in [0.3, 0.4) is 0 Å². The Morgan fingerprint density at radius 2 is 1.00 bits per heavy atom. The number of hydrogen-bond acceptors (Lipinski definition) is 2. The minimum atomic E-state index is -3.61. The zero-order valence-corrected chi connectivity index (χ0v) is 12.1. The lowest BCUT2D eigenvalue weighted by Gasteiger charge is -2.32. The fraction of sp³-hybridized carbons (Fsp3) is 1.00. The van der Waals surface area contributed by atoms with Crippen LogP contribution < -0.4 is 0 Å². The summed E-state index contributed by atoms with van der Waals surface area (Å²) in [6.45, 7) is 9.65. The van der Waals surface area contributed by atoms with Crippen molar-refractivity contribution in [1.82, 2.24) is 0 Å². The first-order chi connectivity index (χ1) is 6.21. The Labute approximate surface area is 92.0 Å². The average Bonchev–Trinajstić information content (AvgIpc) is 1.77. The van der Waals surface area contributed by atoms with Gasteiger partial charge in [-0.1, -0.05) is 41.5 Å². The Balaban J connectivity index is 5.08. The molecule has 0 aliphatic rings. The smallest absolute Gasteiger partial charge is 0.215 e. The van der Waals surface area contributed by atoms with E-state index in [4.69, 9.17) is 0 Å². The lowest BCUT2D eigenvalue weighted by Crippen LogP contribution is -2.22. The van der Waals surface area contributed by atoms with Crippen molar-refractivity contribution in [1.29, 1.82) is 0 Å². The Hall–Kier alpha value is 0.380. The van der Waals surface area contributed by atoms with Gasteiger partial charge in [0.15, 0.2) is 0 Å². The highest BCUT2D eigenvalue weighted by molar-refractivity contribution is 7.76. The van der Waals surface area contributed by atoms with Gasteiger partial charge in [0.05, 0.1) is 0 Å². The van der Waals surface area contributed by atoms with Crippen molar-refractivity contribution in [3.63, 3.8) is 0 Å². The molecule has 0 bridgehead atoms. The Morgan fingerprint density at radius 3 is 1.13 bits per heavy atom. The predicted octanol–water partition coefficient (Wildman–Crippen LogP) is 3.08. The minimum absolute atomic E-state index is 0.507. The molecule has 6 heteroatoms. The van der Waals surface area contributed by atoms with Crippen LogP contribution in [0.2, 0.25) is 0 Å². The van der Waals surface area contributed by atoms with Crippen LogP contribution in [0, 0.1) is 0 Å². The zero-order chi connectivity index (χ0) is 12.7. The molecule has 92 valence electrons. The van der Waals surface area contributed by atoms with Crippen molar-refractivity contribution < 1.29 is 18.9 Å². The molecule has 0 aliphatic carbocycles. The van der Waals surface area contributed by atoms with Gasteiger partial charge in [-0.2, -0.15) is 0 Å². The van der Waals surface area contributed by atoms with E-state index in [-0.39, 0.29) is 0 Å². The van der Waals surface area contributed by atoms with Crippen molar-refractivity contribution in [3.05, 3.63) is 0 Å². The molecule has 2 atom stereocenters. The van der Waals surface area contributed by atoms with E-state index in [2.05, 4.69) is 0 Å². The van der Waals surface area contributed by atoms with Gasteiger partial charge >= 0.3 is 0 Å². The molecule has 0 amide bonds. The van der Waals surface area contributed by atoms with Gasteiger partial charge in [0.25, 0.3) is 0 Å². The monoisotopic (exact) mass is 256 g/mol. The van der Waals surface area contributed by atoms with E-state index < -0.39 is 31.0 Å². The van der Waals surface area contributed by atoms with Crippen LogP contribution in [0.1, 0.15) is 41.5 Å². The van der Waals surface area contributed by atoms with Crippen molar-refractivity contribution >= 4 is 14.7 Å². The maximum atomic E-state index is 11.9. The highest BCUT2D eigenvalue weighted by Crippen LogP contribution is 2.68. The topological polar surface area (TPSA) is 74.6 Å². The van der Waals surface area contributed by atoms with Gasteiger partial charge in [-0.25, -0.2) is 0 Å². The van der Waals surface area contributed by atoms with E-state index >= 15 is 0 Å². The standard InChI is InChI=1S/C9H22O4P2/c1-8(2,3)14(10,11)7-15(12,13)9(4,5)6/h7H2,1-6H3,(H,10,11)(H,12,13). The molecule has 0 aromatic rings. The average molecular weight is 256 g/mol. The summed E-state index contributed by atoms with van der Waals surface area (Å²) in [6, 6.07) is 0. The van der Waals surface area contributed by atoms with Gasteiger partial charge in [-0.05, 0) is 0 Å². The first kappa shape index (κ1) is 15.4. The Bertz CT molecular complexity index is 290. The third kappa shape index (κ3) is 3.71. The van der Waals surface area contributed by atoms with E-state index in [1.807, 2.05) is 0 Å². The van der Waals surface area contributed by atoms with Crippen molar-refractivity contribution in [3.8, 4) is 0 Å². The molecule has 0 rings (SSSR count). The van der Waals surface area contributed by atoms with E-state index in [0.29, 0.717) is 0 Å². The van der Waals surface area contributed by atoms with Gasteiger partial charge in [0.2, 0.25) is 14.7 Å². The molecule has 0 saturated carbocycles. The van der Waals surface area contributed by atoms with Crippen molar-refractivity contribution in [2.75, 3.05) is 5.90 Å². The summed E-state index contributed by atoms with van der Waals surface area (Å²) in [5.41, 5.74) is 0. The normalized spacial score (nSPS) is 21.9. The zero-order valence-electron chi connectivity index (χ0n) is 10.3. The van der Waals surface area contributed by atoms with Crippen LogP contribution >= 0.6 is 14.7 Å². The number of rotatable bonds is 2. The Kier molecular flexibility index (Phi) is 4.10. The second-order valence-electron chi connectivity index (χ2n) is 5.89. The third-order valence-electron chi connectivity index (χ3n) is 2.48. The van der Waals surface area contributed by atoms with E-state index in [1.165, 1.54) is 0 Å². The molecule has 0 radical (unpaired) electrons. The summed E-state index contributed by atoms with van der Waals surface area (Å²) in [5.74, 6) is -0.507. The largest absolute Gasteiger partial charge is 0.344 e. The van der Waals surface area contributed by atoms with Gasteiger partial charge in [-0.15, -0.1) is 0 Å². The van der Waals surface area contributed by atoms with Gasteiger partial charge in [0, 0.05) is 10.3 Å². The molecule has 0 fully saturated rings. The van der Waals surface area contributed by atoms with Gasteiger partial charge in [-0.3, -0.25) is 9.13 Å². The molecule has 0 aromatic carbocycles. The maximum absolute atomic E-state index is 11.9. The van der Waals surface area contributed by atoms with Crippen molar-refractivity contribution in [2.24, 2.45) is 0 Å². The molecule has 2 N–H and O–H groups in total. The summed E-state index contributed by atoms with van der Waals surface area (Å²) >= 11 is 0. The van der Waals surface area contributed by atoms with E-state index in [9.17, 15) is 18.9 Å². The van der Waals surface area contributed by atoms with Gasteiger partial charge in [0.1, 0.15) is 5.90 Å². The molecule has 0 aromatic heterocycles. The van der Waals surface area contributed by atoms with Crippen LogP contribution in [0.5, 0.6) is 0 Å². The highest BCUT2D eigenvalue weighted by atomic mass is 31.2. The van der Waals surface area contributed by atoms with Crippen LogP contribution in [0.4, 0.5) is 0 Å². The molecule has 0 heterocycles. The summed E-state index contributed by atoms with van der Waals surface area (Å²) in [5, 5.41) is -1.70. The van der Waals surface area contributed by atoms with Crippen molar-refractivity contribution in [2.45, 2.75) is 51.9 Å². The lowest BCUT2D eigenvalue weighted by atomic mass is 10.3. The molecule has 0 saturated heterocycles. The Morgan fingerprint density at radius 1 is 0.800 bits per heavy atom. The predicted molar refractivity (Wildman–Crippen MR) is 64.0 cm³/mol. The summed E-state index contributed by atoms with van der Waals surface area (Å²) < 4.78 is 23.8. The van der Waals surface area contributed by atoms with Gasteiger partial charge < -0.3 is 9.79 Å². The summed E-state index contributed by atoms with van der Waals surface area (Å²) in [7, 11) is -7.21. The van der Waals surface area contributed by atoms with Crippen LogP contribution in [0.15, 0.2) is 0 Å². The minimum Gasteiger partial charge on any atom is -0.344 e. The molecular weight excluding hydrogens is 234 g/mol. The maximum Gasteiger partial charge on any atom is 0.215 e. The fourth-order valence-corrected chi connectivity index (χ4v) is 6.16.